The number of anilines is 1. The van der Waals surface area contributed by atoms with Crippen LogP contribution in [0, 0.1) is 23.7 Å². The van der Waals surface area contributed by atoms with Gasteiger partial charge in [-0.1, -0.05) is 0 Å². The summed E-state index contributed by atoms with van der Waals surface area (Å²) in [6.07, 6.45) is 6.12. The second kappa shape index (κ2) is 6.39. The van der Waals surface area contributed by atoms with Crippen molar-refractivity contribution in [3.8, 4) is 6.07 Å². The number of nitrogens with zero attached hydrogens (tertiary/aromatic N) is 7. The second-order valence-electron chi connectivity index (χ2n) is 9.70. The molecule has 0 aromatic carbocycles. The van der Waals surface area contributed by atoms with Crippen LogP contribution in [0.5, 0.6) is 0 Å². The lowest BCUT2D eigenvalue weighted by Gasteiger charge is -2.66. The van der Waals surface area contributed by atoms with Gasteiger partial charge in [0.15, 0.2) is 0 Å². The van der Waals surface area contributed by atoms with Crippen LogP contribution in [0.2, 0.25) is 0 Å². The Labute approximate surface area is 185 Å². The maximum atomic E-state index is 13.2. The molecule has 3 aromatic rings. The number of hydrogen-bond donors (Lipinski definition) is 0. The highest BCUT2D eigenvalue weighted by Crippen LogP contribution is 2.73. The predicted octanol–water partition coefficient (Wildman–Crippen LogP) is 1.89. The first kappa shape index (κ1) is 19.4. The monoisotopic (exact) mass is 431 g/mol. The molecule has 2 bridgehead atoms. The number of rotatable bonds is 3. The largest absolute Gasteiger partial charge is 0.370 e. The molecule has 1 aliphatic heterocycles. The Hall–Kier alpha value is -3.25. The van der Waals surface area contributed by atoms with Crippen molar-refractivity contribution in [1.29, 1.82) is 5.26 Å². The van der Waals surface area contributed by atoms with Gasteiger partial charge in [0.25, 0.3) is 5.56 Å². The molecule has 1 saturated heterocycles. The lowest BCUT2D eigenvalue weighted by molar-refractivity contribution is -0.0946. The molecule has 0 spiro atoms. The molecule has 7 rings (SSSR count). The number of morpholine rings is 1. The SMILES string of the molecule is Cc1nc2c(C34CC(C#N)(C3)C4)nc(N3CCO[C@H](c4cnn(C)c4)C3)cc2c(=O)n1C. The van der Waals surface area contributed by atoms with Crippen molar-refractivity contribution in [3.05, 3.63) is 45.9 Å². The molecule has 1 atom stereocenters. The number of ether oxygens (including phenoxy) is 1. The number of aromatic nitrogens is 5. The van der Waals surface area contributed by atoms with E-state index >= 15 is 0 Å². The molecule has 9 nitrogen and oxygen atoms in total. The average molecular weight is 432 g/mol. The molecule has 0 N–H and O–H groups in total. The first-order chi connectivity index (χ1) is 15.3. The molecular weight excluding hydrogens is 406 g/mol. The van der Waals surface area contributed by atoms with Gasteiger partial charge in [-0.15, -0.1) is 0 Å². The van der Waals surface area contributed by atoms with E-state index in [1.54, 1.807) is 16.3 Å². The van der Waals surface area contributed by atoms with E-state index in [1.165, 1.54) is 0 Å². The van der Waals surface area contributed by atoms with E-state index in [9.17, 15) is 10.1 Å². The molecule has 0 amide bonds. The first-order valence-electron chi connectivity index (χ1n) is 11.0. The van der Waals surface area contributed by atoms with Gasteiger partial charge < -0.3 is 9.64 Å². The van der Waals surface area contributed by atoms with Crippen LogP contribution in [0.25, 0.3) is 10.9 Å². The Morgan fingerprint density at radius 2 is 2.03 bits per heavy atom. The fraction of sp³-hybridized carbons (Fsp3) is 0.522. The van der Waals surface area contributed by atoms with Gasteiger partial charge in [-0.05, 0) is 32.3 Å². The first-order valence-corrected chi connectivity index (χ1v) is 11.0. The third kappa shape index (κ3) is 2.59. The van der Waals surface area contributed by atoms with E-state index in [1.807, 2.05) is 32.4 Å². The summed E-state index contributed by atoms with van der Waals surface area (Å²) < 4.78 is 9.37. The summed E-state index contributed by atoms with van der Waals surface area (Å²) >= 11 is 0. The van der Waals surface area contributed by atoms with Gasteiger partial charge in [-0.2, -0.15) is 10.4 Å². The van der Waals surface area contributed by atoms with Crippen molar-refractivity contribution in [2.45, 2.75) is 37.7 Å². The lowest BCUT2D eigenvalue weighted by atomic mass is 9.34. The molecule has 3 aromatic heterocycles. The van der Waals surface area contributed by atoms with E-state index in [0.29, 0.717) is 36.4 Å². The Balaban J connectivity index is 1.45. The van der Waals surface area contributed by atoms with Crippen LogP contribution >= 0.6 is 0 Å². The average Bonchev–Trinajstić information content (AvgIpc) is 3.17. The van der Waals surface area contributed by atoms with Gasteiger partial charge >= 0.3 is 0 Å². The van der Waals surface area contributed by atoms with Crippen LogP contribution in [-0.4, -0.2) is 44.0 Å². The van der Waals surface area contributed by atoms with E-state index in [0.717, 1.165) is 36.3 Å². The van der Waals surface area contributed by atoms with E-state index in [-0.39, 0.29) is 22.5 Å². The topological polar surface area (TPSA) is 102 Å². The normalized spacial score (nSPS) is 28.8. The highest BCUT2D eigenvalue weighted by molar-refractivity contribution is 5.84. The number of pyridine rings is 1. The molecule has 4 aliphatic rings. The zero-order chi connectivity index (χ0) is 22.3. The van der Waals surface area contributed by atoms with Gasteiger partial charge in [0.05, 0.1) is 35.4 Å². The Morgan fingerprint density at radius 1 is 1.25 bits per heavy atom. The second-order valence-corrected chi connectivity index (χ2v) is 9.70. The van der Waals surface area contributed by atoms with Crippen molar-refractivity contribution in [1.82, 2.24) is 24.3 Å². The molecule has 0 unspecified atom stereocenters. The lowest BCUT2D eigenvalue weighted by Crippen LogP contribution is -2.64. The molecule has 164 valence electrons. The number of aryl methyl sites for hydroxylation is 2. The van der Waals surface area contributed by atoms with Crippen LogP contribution in [0.1, 0.15) is 42.4 Å². The molecule has 4 heterocycles. The minimum Gasteiger partial charge on any atom is -0.370 e. The summed E-state index contributed by atoms with van der Waals surface area (Å²) in [6.45, 7) is 3.75. The van der Waals surface area contributed by atoms with Crippen molar-refractivity contribution < 1.29 is 4.74 Å². The van der Waals surface area contributed by atoms with Crippen molar-refractivity contribution >= 4 is 16.7 Å². The van der Waals surface area contributed by atoms with Crippen LogP contribution in [0.4, 0.5) is 5.82 Å². The summed E-state index contributed by atoms with van der Waals surface area (Å²) in [5.41, 5.74) is 2.21. The van der Waals surface area contributed by atoms with Crippen LogP contribution in [0.15, 0.2) is 23.3 Å². The van der Waals surface area contributed by atoms with Crippen molar-refractivity contribution in [3.63, 3.8) is 0 Å². The summed E-state index contributed by atoms with van der Waals surface area (Å²) in [4.78, 5) is 25.2. The van der Waals surface area contributed by atoms with Crippen LogP contribution in [-0.2, 0) is 24.2 Å². The summed E-state index contributed by atoms with van der Waals surface area (Å²) in [7, 11) is 3.65. The Bertz CT molecular complexity index is 1350. The fourth-order valence-electron chi connectivity index (χ4n) is 5.72. The minimum absolute atomic E-state index is 0.0592. The predicted molar refractivity (Wildman–Crippen MR) is 117 cm³/mol. The smallest absolute Gasteiger partial charge is 0.261 e. The van der Waals surface area contributed by atoms with Crippen molar-refractivity contribution in [2.24, 2.45) is 19.5 Å². The third-order valence-electron chi connectivity index (χ3n) is 7.53. The molecule has 3 aliphatic carbocycles. The van der Waals surface area contributed by atoms with E-state index < -0.39 is 0 Å². The summed E-state index contributed by atoms with van der Waals surface area (Å²) in [6, 6.07) is 4.35. The van der Waals surface area contributed by atoms with Crippen LogP contribution < -0.4 is 10.5 Å². The maximum Gasteiger partial charge on any atom is 0.261 e. The maximum absolute atomic E-state index is 13.2. The zero-order valence-corrected chi connectivity index (χ0v) is 18.5. The highest BCUT2D eigenvalue weighted by Gasteiger charge is 2.70. The van der Waals surface area contributed by atoms with Crippen LogP contribution in [0.3, 0.4) is 0 Å². The Morgan fingerprint density at radius 3 is 2.72 bits per heavy atom. The van der Waals surface area contributed by atoms with E-state index in [2.05, 4.69) is 16.1 Å². The quantitative estimate of drug-likeness (QED) is 0.624. The molecule has 32 heavy (non-hydrogen) atoms. The zero-order valence-electron chi connectivity index (χ0n) is 18.5. The molecular formula is C23H25N7O2. The molecule has 9 heteroatoms. The summed E-state index contributed by atoms with van der Waals surface area (Å²) in [5, 5.41) is 14.4. The van der Waals surface area contributed by atoms with Gasteiger partial charge in [0.1, 0.15) is 23.3 Å². The van der Waals surface area contributed by atoms with E-state index in [4.69, 9.17) is 14.7 Å². The van der Waals surface area contributed by atoms with Gasteiger partial charge in [-0.25, -0.2) is 9.97 Å². The standard InChI is InChI=1S/C23H25N7O2/c1-14-26-19-16(21(31)29(14)3)6-18(27-20(19)23-10-22(11-23,12-23)13-24)30-4-5-32-17(9-30)15-7-25-28(2)8-15/h6-8,17H,4-5,9-12H2,1-3H3/t17-,22?,23?/m0/s1. The number of nitriles is 1. The van der Waals surface area contributed by atoms with Gasteiger partial charge in [0, 0.05) is 44.4 Å². The minimum atomic E-state index is -0.205. The molecule has 4 fully saturated rings. The molecule has 3 saturated carbocycles. The highest BCUT2D eigenvalue weighted by atomic mass is 16.5. The Kier molecular flexibility index (Phi) is 3.88. The van der Waals surface area contributed by atoms with Crippen molar-refractivity contribution in [2.75, 3.05) is 24.6 Å². The summed E-state index contributed by atoms with van der Waals surface area (Å²) in [5.74, 6) is 1.45. The number of fused-ring (bicyclic) bond motifs is 1. The van der Waals surface area contributed by atoms with Gasteiger partial charge in [-0.3, -0.25) is 14.0 Å². The van der Waals surface area contributed by atoms with Gasteiger partial charge in [0.2, 0.25) is 0 Å². The number of hydrogen-bond acceptors (Lipinski definition) is 7. The fourth-order valence-corrected chi connectivity index (χ4v) is 5.72. The third-order valence-corrected chi connectivity index (χ3v) is 7.53. The molecule has 0 radical (unpaired) electrons.